The number of fused-ring (bicyclic) bond motifs is 1. The molecule has 3 aromatic rings. The van der Waals surface area contributed by atoms with Crippen molar-refractivity contribution in [1.29, 1.82) is 0 Å². The second-order valence-corrected chi connectivity index (χ2v) is 4.45. The number of aromatic nitrogens is 3. The number of carbonyl (C=O) groups excluding carboxylic acids is 1. The van der Waals surface area contributed by atoms with E-state index in [1.807, 2.05) is 35.0 Å². The summed E-state index contributed by atoms with van der Waals surface area (Å²) in [5.74, 6) is -0.109. The van der Waals surface area contributed by atoms with Crippen molar-refractivity contribution in [1.82, 2.24) is 19.7 Å². The van der Waals surface area contributed by atoms with Crippen molar-refractivity contribution in [3.8, 4) is 0 Å². The average Bonchev–Trinajstić information content (AvgIpc) is 2.90. The summed E-state index contributed by atoms with van der Waals surface area (Å²) in [6, 6.07) is 9.36. The second kappa shape index (κ2) is 5.52. The summed E-state index contributed by atoms with van der Waals surface area (Å²) in [7, 11) is 0. The van der Waals surface area contributed by atoms with E-state index in [0.717, 1.165) is 11.3 Å². The lowest BCUT2D eigenvalue weighted by atomic mass is 10.2. The first-order chi connectivity index (χ1) is 9.83. The smallest absolute Gasteiger partial charge is 0.252 e. The van der Waals surface area contributed by atoms with Crippen molar-refractivity contribution in [2.24, 2.45) is 0 Å². The second-order valence-electron chi connectivity index (χ2n) is 4.45. The Labute approximate surface area is 116 Å². The van der Waals surface area contributed by atoms with Crippen molar-refractivity contribution in [3.63, 3.8) is 0 Å². The molecule has 100 valence electrons. The molecule has 0 spiro atoms. The van der Waals surface area contributed by atoms with Gasteiger partial charge in [0, 0.05) is 37.8 Å². The minimum Gasteiger partial charge on any atom is -0.352 e. The molecule has 0 bridgehead atoms. The van der Waals surface area contributed by atoms with Crippen LogP contribution in [0.1, 0.15) is 16.1 Å². The minimum atomic E-state index is -0.109. The first-order valence-electron chi connectivity index (χ1n) is 6.44. The Morgan fingerprint density at radius 3 is 3.00 bits per heavy atom. The standard InChI is InChI=1S/C15H14N4O/c20-15(12-4-3-7-16-10-12)17-8-6-13-11-19-9-2-1-5-14(19)18-13/h1-5,7,9-11H,6,8H2,(H,17,20). The summed E-state index contributed by atoms with van der Waals surface area (Å²) in [5, 5.41) is 2.86. The molecule has 0 saturated carbocycles. The zero-order valence-electron chi connectivity index (χ0n) is 10.9. The number of hydrogen-bond acceptors (Lipinski definition) is 3. The predicted octanol–water partition coefficient (Wildman–Crippen LogP) is 1.70. The van der Waals surface area contributed by atoms with Gasteiger partial charge in [-0.2, -0.15) is 0 Å². The van der Waals surface area contributed by atoms with Crippen molar-refractivity contribution >= 4 is 11.6 Å². The fourth-order valence-corrected chi connectivity index (χ4v) is 2.01. The number of nitrogens with one attached hydrogen (secondary N) is 1. The lowest BCUT2D eigenvalue weighted by molar-refractivity contribution is 0.0953. The molecule has 0 saturated heterocycles. The Bertz CT molecular complexity index is 688. The Morgan fingerprint density at radius 2 is 2.20 bits per heavy atom. The van der Waals surface area contributed by atoms with E-state index in [9.17, 15) is 4.79 Å². The van der Waals surface area contributed by atoms with Gasteiger partial charge < -0.3 is 9.72 Å². The molecule has 1 amide bonds. The lowest BCUT2D eigenvalue weighted by Crippen LogP contribution is -2.25. The summed E-state index contributed by atoms with van der Waals surface area (Å²) < 4.78 is 1.97. The van der Waals surface area contributed by atoms with Gasteiger partial charge in [0.15, 0.2) is 0 Å². The molecule has 0 fully saturated rings. The van der Waals surface area contributed by atoms with Gasteiger partial charge >= 0.3 is 0 Å². The van der Waals surface area contributed by atoms with E-state index in [0.29, 0.717) is 18.5 Å². The molecule has 3 rings (SSSR count). The van der Waals surface area contributed by atoms with Crippen LogP contribution in [0.2, 0.25) is 0 Å². The topological polar surface area (TPSA) is 59.3 Å². The summed E-state index contributed by atoms with van der Waals surface area (Å²) in [6.07, 6.45) is 7.84. The lowest BCUT2D eigenvalue weighted by Gasteiger charge is -2.02. The van der Waals surface area contributed by atoms with Gasteiger partial charge in [-0.05, 0) is 24.3 Å². The summed E-state index contributed by atoms with van der Waals surface area (Å²) >= 11 is 0. The fourth-order valence-electron chi connectivity index (χ4n) is 2.01. The van der Waals surface area contributed by atoms with Gasteiger partial charge in [0.1, 0.15) is 5.65 Å². The highest BCUT2D eigenvalue weighted by atomic mass is 16.1. The van der Waals surface area contributed by atoms with Crippen molar-refractivity contribution in [2.75, 3.05) is 6.54 Å². The molecule has 0 aliphatic heterocycles. The van der Waals surface area contributed by atoms with Crippen LogP contribution in [0.15, 0.2) is 55.1 Å². The number of carbonyl (C=O) groups is 1. The zero-order valence-corrected chi connectivity index (χ0v) is 10.9. The molecule has 0 aliphatic rings. The zero-order chi connectivity index (χ0) is 13.8. The Morgan fingerprint density at radius 1 is 1.25 bits per heavy atom. The van der Waals surface area contributed by atoms with Crippen molar-refractivity contribution in [3.05, 3.63) is 66.4 Å². The molecule has 1 N–H and O–H groups in total. The molecule has 0 aliphatic carbocycles. The van der Waals surface area contributed by atoms with E-state index in [1.165, 1.54) is 0 Å². The van der Waals surface area contributed by atoms with Gasteiger partial charge in [-0.3, -0.25) is 9.78 Å². The minimum absolute atomic E-state index is 0.109. The van der Waals surface area contributed by atoms with Crippen LogP contribution in [0.4, 0.5) is 0 Å². The number of pyridine rings is 2. The fraction of sp³-hybridized carbons (Fsp3) is 0.133. The molecule has 3 heterocycles. The predicted molar refractivity (Wildman–Crippen MR) is 75.5 cm³/mol. The maximum atomic E-state index is 11.8. The van der Waals surface area contributed by atoms with E-state index in [4.69, 9.17) is 0 Å². The van der Waals surface area contributed by atoms with Crippen LogP contribution in [-0.4, -0.2) is 26.8 Å². The third-order valence-electron chi connectivity index (χ3n) is 3.00. The Hall–Kier alpha value is -2.69. The third-order valence-corrected chi connectivity index (χ3v) is 3.00. The highest BCUT2D eigenvalue weighted by Crippen LogP contribution is 2.04. The molecule has 0 unspecified atom stereocenters. The largest absolute Gasteiger partial charge is 0.352 e. The van der Waals surface area contributed by atoms with Crippen LogP contribution in [0.25, 0.3) is 5.65 Å². The molecule has 5 heteroatoms. The van der Waals surface area contributed by atoms with Crippen LogP contribution < -0.4 is 5.32 Å². The Kier molecular flexibility index (Phi) is 3.41. The highest BCUT2D eigenvalue weighted by Gasteiger charge is 2.05. The first kappa shape index (κ1) is 12.3. The maximum Gasteiger partial charge on any atom is 0.252 e. The van der Waals surface area contributed by atoms with E-state index >= 15 is 0 Å². The molecule has 20 heavy (non-hydrogen) atoms. The summed E-state index contributed by atoms with van der Waals surface area (Å²) in [6.45, 7) is 0.553. The van der Waals surface area contributed by atoms with Gasteiger partial charge in [0.05, 0.1) is 11.3 Å². The summed E-state index contributed by atoms with van der Waals surface area (Å²) in [5.41, 5.74) is 2.45. The van der Waals surface area contributed by atoms with E-state index < -0.39 is 0 Å². The van der Waals surface area contributed by atoms with Gasteiger partial charge in [0.2, 0.25) is 0 Å². The van der Waals surface area contributed by atoms with E-state index in [2.05, 4.69) is 15.3 Å². The normalized spacial score (nSPS) is 10.6. The van der Waals surface area contributed by atoms with Gasteiger partial charge in [-0.1, -0.05) is 6.07 Å². The third kappa shape index (κ3) is 2.66. The van der Waals surface area contributed by atoms with Crippen LogP contribution >= 0.6 is 0 Å². The van der Waals surface area contributed by atoms with Crippen LogP contribution in [0.3, 0.4) is 0 Å². The molecule has 0 radical (unpaired) electrons. The molecular formula is C15H14N4O. The SMILES string of the molecule is O=C(NCCc1cn2ccccc2n1)c1cccnc1. The number of amides is 1. The molecule has 0 atom stereocenters. The molecule has 0 aromatic carbocycles. The van der Waals surface area contributed by atoms with E-state index in [1.54, 1.807) is 24.5 Å². The summed E-state index contributed by atoms with van der Waals surface area (Å²) in [4.78, 5) is 20.2. The van der Waals surface area contributed by atoms with Gasteiger partial charge in [-0.15, -0.1) is 0 Å². The number of imidazole rings is 1. The van der Waals surface area contributed by atoms with Crippen molar-refractivity contribution in [2.45, 2.75) is 6.42 Å². The van der Waals surface area contributed by atoms with Gasteiger partial charge in [-0.25, -0.2) is 4.98 Å². The average molecular weight is 266 g/mol. The van der Waals surface area contributed by atoms with Gasteiger partial charge in [0.25, 0.3) is 5.91 Å². The van der Waals surface area contributed by atoms with E-state index in [-0.39, 0.29) is 5.91 Å². The maximum absolute atomic E-state index is 11.8. The number of hydrogen-bond donors (Lipinski definition) is 1. The van der Waals surface area contributed by atoms with Crippen LogP contribution in [0.5, 0.6) is 0 Å². The van der Waals surface area contributed by atoms with Crippen molar-refractivity contribution < 1.29 is 4.79 Å². The molecule has 5 nitrogen and oxygen atoms in total. The highest BCUT2D eigenvalue weighted by molar-refractivity contribution is 5.93. The molecule has 3 aromatic heterocycles. The monoisotopic (exact) mass is 266 g/mol. The molecular weight excluding hydrogens is 252 g/mol. The first-order valence-corrected chi connectivity index (χ1v) is 6.44. The Balaban J connectivity index is 1.58. The number of nitrogens with zero attached hydrogens (tertiary/aromatic N) is 3. The quantitative estimate of drug-likeness (QED) is 0.782. The van der Waals surface area contributed by atoms with Crippen LogP contribution in [-0.2, 0) is 6.42 Å². The van der Waals surface area contributed by atoms with Crippen LogP contribution in [0, 0.1) is 0 Å². The number of rotatable bonds is 4.